The average Bonchev–Trinajstić information content (AvgIpc) is 2.97. The molecular formula is C23H27ClF2N4O3S. The lowest BCUT2D eigenvalue weighted by Crippen LogP contribution is -2.49. The SMILES string of the molecule is CS(=O)(=O)c1cc(F)c(C[C@H]2CCCCN(C3CCN(c4cnc(Cl)cn4)CC3)C2=O)cc1F. The van der Waals surface area contributed by atoms with Crippen molar-refractivity contribution in [2.24, 2.45) is 5.92 Å². The number of carbonyl (C=O) groups excluding carboxylic acids is 1. The van der Waals surface area contributed by atoms with Crippen molar-refractivity contribution >= 4 is 33.2 Å². The Kier molecular flexibility index (Phi) is 7.37. The number of anilines is 1. The van der Waals surface area contributed by atoms with E-state index in [1.54, 1.807) is 6.20 Å². The first-order valence-corrected chi connectivity index (χ1v) is 13.6. The Morgan fingerprint density at radius 1 is 1.03 bits per heavy atom. The van der Waals surface area contributed by atoms with Gasteiger partial charge in [0.15, 0.2) is 9.84 Å². The van der Waals surface area contributed by atoms with Gasteiger partial charge in [-0.05, 0) is 49.8 Å². The fraction of sp³-hybridized carbons (Fsp3) is 0.522. The number of halogens is 3. The van der Waals surface area contributed by atoms with Gasteiger partial charge in [-0.15, -0.1) is 0 Å². The summed E-state index contributed by atoms with van der Waals surface area (Å²) >= 11 is 5.82. The molecule has 0 unspecified atom stereocenters. The molecule has 34 heavy (non-hydrogen) atoms. The van der Waals surface area contributed by atoms with E-state index in [9.17, 15) is 22.0 Å². The molecule has 4 rings (SSSR count). The summed E-state index contributed by atoms with van der Waals surface area (Å²) in [6, 6.07) is 1.70. The van der Waals surface area contributed by atoms with Crippen LogP contribution in [0.15, 0.2) is 29.4 Å². The van der Waals surface area contributed by atoms with E-state index in [-0.39, 0.29) is 23.9 Å². The van der Waals surface area contributed by atoms with Crippen LogP contribution in [0.3, 0.4) is 0 Å². The fourth-order valence-corrected chi connectivity index (χ4v) is 5.67. The summed E-state index contributed by atoms with van der Waals surface area (Å²) in [5, 5.41) is 0.335. The van der Waals surface area contributed by atoms with Gasteiger partial charge in [0.05, 0.1) is 12.4 Å². The molecule has 184 valence electrons. The van der Waals surface area contributed by atoms with Crippen LogP contribution < -0.4 is 4.90 Å². The molecule has 2 saturated heterocycles. The van der Waals surface area contributed by atoms with E-state index in [1.807, 2.05) is 4.90 Å². The summed E-state index contributed by atoms with van der Waals surface area (Å²) in [5.41, 5.74) is 0.0289. The number of piperidine rings is 1. The number of amides is 1. The molecule has 1 atom stereocenters. The Morgan fingerprint density at radius 2 is 1.76 bits per heavy atom. The van der Waals surface area contributed by atoms with Crippen LogP contribution in [-0.2, 0) is 21.1 Å². The van der Waals surface area contributed by atoms with Gasteiger partial charge in [0.25, 0.3) is 0 Å². The van der Waals surface area contributed by atoms with Gasteiger partial charge in [-0.3, -0.25) is 4.79 Å². The molecule has 3 heterocycles. The summed E-state index contributed by atoms with van der Waals surface area (Å²) in [4.78, 5) is 25.2. The van der Waals surface area contributed by atoms with E-state index >= 15 is 0 Å². The van der Waals surface area contributed by atoms with Crippen LogP contribution in [-0.4, -0.2) is 61.1 Å². The van der Waals surface area contributed by atoms with Crippen LogP contribution in [0.25, 0.3) is 0 Å². The van der Waals surface area contributed by atoms with Crippen LogP contribution in [0.4, 0.5) is 14.6 Å². The molecule has 1 amide bonds. The lowest BCUT2D eigenvalue weighted by atomic mass is 9.93. The van der Waals surface area contributed by atoms with Gasteiger partial charge in [0.2, 0.25) is 5.91 Å². The zero-order valence-corrected chi connectivity index (χ0v) is 20.5. The number of hydrogen-bond donors (Lipinski definition) is 0. The molecule has 2 aromatic rings. The van der Waals surface area contributed by atoms with Crippen molar-refractivity contribution in [1.82, 2.24) is 14.9 Å². The van der Waals surface area contributed by atoms with Gasteiger partial charge in [-0.2, -0.15) is 0 Å². The maximum atomic E-state index is 14.6. The third-order valence-electron chi connectivity index (χ3n) is 6.64. The number of rotatable bonds is 5. The van der Waals surface area contributed by atoms with Gasteiger partial charge in [-0.25, -0.2) is 27.2 Å². The molecule has 0 aliphatic carbocycles. The number of hydrogen-bond acceptors (Lipinski definition) is 6. The summed E-state index contributed by atoms with van der Waals surface area (Å²) < 4.78 is 52.3. The standard InChI is InChI=1S/C23H27ClF2N4O3S/c1-34(32,33)20-12-18(25)16(11-19(20)26)10-15-4-2-3-7-30(23(15)31)17-5-8-29(9-6-17)22-14-27-21(24)13-28-22/h11-15,17H,2-10H2,1H3/t15-/m1/s1. The van der Waals surface area contributed by atoms with E-state index in [2.05, 4.69) is 14.9 Å². The van der Waals surface area contributed by atoms with Crippen molar-refractivity contribution in [3.63, 3.8) is 0 Å². The van der Waals surface area contributed by atoms with E-state index < -0.39 is 32.3 Å². The summed E-state index contributed by atoms with van der Waals surface area (Å²) in [7, 11) is -3.88. The molecule has 0 radical (unpaired) electrons. The Balaban J connectivity index is 1.45. The van der Waals surface area contributed by atoms with Crippen LogP contribution in [0.1, 0.15) is 37.7 Å². The topological polar surface area (TPSA) is 83.5 Å². The fourth-order valence-electron chi connectivity index (χ4n) is 4.84. The number of benzene rings is 1. The minimum absolute atomic E-state index is 0.0289. The maximum absolute atomic E-state index is 14.6. The van der Waals surface area contributed by atoms with Crippen LogP contribution in [0.2, 0.25) is 5.15 Å². The van der Waals surface area contributed by atoms with Crippen molar-refractivity contribution in [1.29, 1.82) is 0 Å². The number of nitrogens with zero attached hydrogens (tertiary/aromatic N) is 4. The Bertz CT molecular complexity index is 1160. The van der Waals surface area contributed by atoms with Crippen LogP contribution in [0.5, 0.6) is 0 Å². The average molecular weight is 513 g/mol. The van der Waals surface area contributed by atoms with Gasteiger partial charge in [0.1, 0.15) is 27.5 Å². The first-order valence-electron chi connectivity index (χ1n) is 11.3. The minimum atomic E-state index is -3.88. The molecular weight excluding hydrogens is 486 g/mol. The molecule has 1 aromatic heterocycles. The van der Waals surface area contributed by atoms with Crippen molar-refractivity contribution < 1.29 is 22.0 Å². The van der Waals surface area contributed by atoms with Gasteiger partial charge >= 0.3 is 0 Å². The highest BCUT2D eigenvalue weighted by atomic mass is 35.5. The summed E-state index contributed by atoms with van der Waals surface area (Å²) in [6.45, 7) is 2.09. The van der Waals surface area contributed by atoms with Crippen molar-refractivity contribution in [3.05, 3.63) is 46.9 Å². The molecule has 0 bridgehead atoms. The Hall–Kier alpha value is -2.33. The zero-order valence-electron chi connectivity index (χ0n) is 18.9. The third kappa shape index (κ3) is 5.49. The highest BCUT2D eigenvalue weighted by molar-refractivity contribution is 7.90. The molecule has 2 aliphatic heterocycles. The van der Waals surface area contributed by atoms with Crippen molar-refractivity contribution in [3.8, 4) is 0 Å². The Labute approximate surface area is 203 Å². The highest BCUT2D eigenvalue weighted by Gasteiger charge is 2.34. The number of aromatic nitrogens is 2. The normalized spacial score (nSPS) is 20.5. The second kappa shape index (κ2) is 10.1. The van der Waals surface area contributed by atoms with Crippen LogP contribution in [0, 0.1) is 17.6 Å². The second-order valence-electron chi connectivity index (χ2n) is 8.99. The third-order valence-corrected chi connectivity index (χ3v) is 7.94. The van der Waals surface area contributed by atoms with Gasteiger partial charge < -0.3 is 9.80 Å². The lowest BCUT2D eigenvalue weighted by Gasteiger charge is -2.39. The molecule has 0 spiro atoms. The molecule has 1 aromatic carbocycles. The van der Waals surface area contributed by atoms with E-state index in [4.69, 9.17) is 11.6 Å². The molecule has 0 saturated carbocycles. The number of carbonyl (C=O) groups is 1. The van der Waals surface area contributed by atoms with Crippen molar-refractivity contribution in [2.75, 3.05) is 30.8 Å². The lowest BCUT2D eigenvalue weighted by molar-refractivity contribution is -0.137. The molecule has 2 aliphatic rings. The highest BCUT2D eigenvalue weighted by Crippen LogP contribution is 2.29. The Morgan fingerprint density at radius 3 is 2.41 bits per heavy atom. The quantitative estimate of drug-likeness (QED) is 0.608. The molecule has 0 N–H and O–H groups in total. The monoisotopic (exact) mass is 512 g/mol. The van der Waals surface area contributed by atoms with Crippen molar-refractivity contribution in [2.45, 2.75) is 49.5 Å². The first kappa shape index (κ1) is 24.8. The van der Waals surface area contributed by atoms with Gasteiger partial charge in [-0.1, -0.05) is 18.0 Å². The van der Waals surface area contributed by atoms with E-state index in [0.717, 1.165) is 56.9 Å². The number of likely N-dealkylation sites (tertiary alicyclic amines) is 1. The first-order chi connectivity index (χ1) is 16.1. The minimum Gasteiger partial charge on any atom is -0.355 e. The van der Waals surface area contributed by atoms with E-state index in [0.29, 0.717) is 24.2 Å². The largest absolute Gasteiger partial charge is 0.355 e. The second-order valence-corrected chi connectivity index (χ2v) is 11.4. The molecule has 11 heteroatoms. The zero-order chi connectivity index (χ0) is 24.5. The summed E-state index contributed by atoms with van der Waals surface area (Å²) in [6.07, 6.45) is 7.83. The smallest absolute Gasteiger partial charge is 0.226 e. The predicted molar refractivity (Wildman–Crippen MR) is 125 cm³/mol. The maximum Gasteiger partial charge on any atom is 0.226 e. The molecule has 7 nitrogen and oxygen atoms in total. The summed E-state index contributed by atoms with van der Waals surface area (Å²) in [5.74, 6) is -1.56. The van der Waals surface area contributed by atoms with Gasteiger partial charge in [0, 0.05) is 37.8 Å². The molecule has 2 fully saturated rings. The van der Waals surface area contributed by atoms with E-state index in [1.165, 1.54) is 6.20 Å². The predicted octanol–water partition coefficient (Wildman–Crippen LogP) is 3.65. The van der Waals surface area contributed by atoms with Crippen LogP contribution >= 0.6 is 11.6 Å². The number of sulfone groups is 1.